The van der Waals surface area contributed by atoms with E-state index in [1.54, 1.807) is 19.9 Å². The van der Waals surface area contributed by atoms with Crippen molar-refractivity contribution in [2.24, 2.45) is 0 Å². The van der Waals surface area contributed by atoms with Crippen molar-refractivity contribution in [1.82, 2.24) is 0 Å². The number of thiophene rings is 1. The first-order chi connectivity index (χ1) is 8.89. The summed E-state index contributed by atoms with van der Waals surface area (Å²) in [7, 11) is -2.10. The van der Waals surface area contributed by atoms with Crippen molar-refractivity contribution in [2.75, 3.05) is 30.8 Å². The molecular weight excluding hydrogens is 290 g/mol. The molecule has 1 heterocycles. The van der Waals surface area contributed by atoms with Crippen molar-refractivity contribution in [2.45, 2.75) is 13.8 Å². The summed E-state index contributed by atoms with van der Waals surface area (Å²) in [4.78, 5) is 12.5. The van der Waals surface area contributed by atoms with Crippen LogP contribution in [0.2, 0.25) is 0 Å². The number of sulfonamides is 1. The van der Waals surface area contributed by atoms with Gasteiger partial charge < -0.3 is 9.47 Å². The van der Waals surface area contributed by atoms with Gasteiger partial charge in [-0.05, 0) is 19.9 Å². The fraction of sp³-hybridized carbons (Fsp3) is 0.545. The summed E-state index contributed by atoms with van der Waals surface area (Å²) in [5.41, 5.74) is 0.241. The Morgan fingerprint density at radius 1 is 1.47 bits per heavy atom. The lowest BCUT2D eigenvalue weighted by Gasteiger charge is -2.07. The highest BCUT2D eigenvalue weighted by Gasteiger charge is 2.20. The molecule has 0 atom stereocenters. The normalized spacial score (nSPS) is 11.3. The highest BCUT2D eigenvalue weighted by atomic mass is 32.2. The molecule has 0 saturated heterocycles. The van der Waals surface area contributed by atoms with Crippen LogP contribution < -0.4 is 4.72 Å². The van der Waals surface area contributed by atoms with E-state index in [9.17, 15) is 13.2 Å². The molecule has 0 aliphatic rings. The monoisotopic (exact) mass is 307 g/mol. The van der Waals surface area contributed by atoms with E-state index < -0.39 is 16.0 Å². The van der Waals surface area contributed by atoms with Gasteiger partial charge in [0, 0.05) is 12.0 Å². The molecule has 0 aliphatic carbocycles. The number of ether oxygens (including phenoxy) is 2. The number of esters is 1. The lowest BCUT2D eigenvalue weighted by molar-refractivity contribution is 0.0528. The van der Waals surface area contributed by atoms with Gasteiger partial charge in [0.05, 0.1) is 24.5 Å². The van der Waals surface area contributed by atoms with Gasteiger partial charge in [0.2, 0.25) is 10.0 Å². The van der Waals surface area contributed by atoms with Crippen LogP contribution in [0, 0.1) is 6.92 Å². The molecule has 0 fully saturated rings. The molecule has 0 bridgehead atoms. The second kappa shape index (κ2) is 6.88. The van der Waals surface area contributed by atoms with Crippen molar-refractivity contribution >= 4 is 32.3 Å². The Bertz CT molecular complexity index is 535. The van der Waals surface area contributed by atoms with E-state index in [0.717, 1.165) is 4.88 Å². The predicted octanol–water partition coefficient (Wildman–Crippen LogP) is 1.62. The molecular formula is C11H17NO5S2. The number of rotatable bonds is 7. The summed E-state index contributed by atoms with van der Waals surface area (Å²) in [6.45, 7) is 3.82. The van der Waals surface area contributed by atoms with Crippen LogP contribution in [0.3, 0.4) is 0 Å². The summed E-state index contributed by atoms with van der Waals surface area (Å²) in [6, 6.07) is 1.61. The zero-order valence-corrected chi connectivity index (χ0v) is 12.7. The molecule has 0 spiro atoms. The lowest BCUT2D eigenvalue weighted by Crippen LogP contribution is -2.20. The van der Waals surface area contributed by atoms with Gasteiger partial charge in [-0.15, -0.1) is 11.3 Å². The van der Waals surface area contributed by atoms with Crippen LogP contribution in [-0.4, -0.2) is 40.5 Å². The predicted molar refractivity (Wildman–Crippen MR) is 74.3 cm³/mol. The van der Waals surface area contributed by atoms with Gasteiger partial charge in [0.15, 0.2) is 0 Å². The molecule has 0 radical (unpaired) electrons. The average Bonchev–Trinajstić information content (AvgIpc) is 2.67. The minimum absolute atomic E-state index is 0.0917. The number of nitrogens with one attached hydrogen (secondary N) is 1. The van der Waals surface area contributed by atoms with Gasteiger partial charge in [-0.3, -0.25) is 4.72 Å². The summed E-state index contributed by atoms with van der Waals surface area (Å²) in [6.07, 6.45) is 0. The van der Waals surface area contributed by atoms with E-state index >= 15 is 0 Å². The Morgan fingerprint density at radius 2 is 2.16 bits per heavy atom. The third-order valence-corrected chi connectivity index (χ3v) is 4.47. The van der Waals surface area contributed by atoms with Crippen LogP contribution in [0.15, 0.2) is 6.07 Å². The maximum absolute atomic E-state index is 11.8. The van der Waals surface area contributed by atoms with Crippen LogP contribution in [0.5, 0.6) is 0 Å². The van der Waals surface area contributed by atoms with Crippen molar-refractivity contribution in [3.63, 3.8) is 0 Å². The third-order valence-electron chi connectivity index (χ3n) is 2.16. The Balaban J connectivity index is 2.92. The van der Waals surface area contributed by atoms with Gasteiger partial charge in [-0.2, -0.15) is 0 Å². The number of hydrogen-bond acceptors (Lipinski definition) is 6. The Hall–Kier alpha value is -1.12. The standard InChI is InChI=1S/C11H17NO5S2/c1-4-17-11(13)9-7-8(2)18-10(9)12-19(14,15)6-5-16-3/h7,12H,4-6H2,1-3H3. The fourth-order valence-electron chi connectivity index (χ4n) is 1.34. The van der Waals surface area contributed by atoms with E-state index in [-0.39, 0.29) is 29.5 Å². The highest BCUT2D eigenvalue weighted by Crippen LogP contribution is 2.29. The van der Waals surface area contributed by atoms with Crippen molar-refractivity contribution in [1.29, 1.82) is 0 Å². The molecule has 1 N–H and O–H groups in total. The molecule has 0 saturated carbocycles. The molecule has 1 aromatic rings. The Kier molecular flexibility index (Phi) is 5.77. The van der Waals surface area contributed by atoms with Crippen LogP contribution >= 0.6 is 11.3 Å². The first kappa shape index (κ1) is 15.9. The Labute approximate surface area is 116 Å². The summed E-state index contributed by atoms with van der Waals surface area (Å²) >= 11 is 1.20. The number of anilines is 1. The fourth-order valence-corrected chi connectivity index (χ4v) is 3.51. The van der Waals surface area contributed by atoms with Crippen molar-refractivity contribution in [3.8, 4) is 0 Å². The topological polar surface area (TPSA) is 81.7 Å². The number of carbonyl (C=O) groups is 1. The molecule has 0 aliphatic heterocycles. The Morgan fingerprint density at radius 3 is 2.74 bits per heavy atom. The van der Waals surface area contributed by atoms with Crippen molar-refractivity contribution in [3.05, 3.63) is 16.5 Å². The van der Waals surface area contributed by atoms with Gasteiger partial charge >= 0.3 is 5.97 Å². The van der Waals surface area contributed by atoms with E-state index in [1.165, 1.54) is 18.4 Å². The second-order valence-electron chi connectivity index (χ2n) is 3.73. The first-order valence-electron chi connectivity index (χ1n) is 5.66. The van der Waals surface area contributed by atoms with Crippen LogP contribution in [-0.2, 0) is 19.5 Å². The number of methoxy groups -OCH3 is 1. The third kappa shape index (κ3) is 4.81. The zero-order chi connectivity index (χ0) is 14.5. The number of carbonyl (C=O) groups excluding carboxylic acids is 1. The van der Waals surface area contributed by atoms with Crippen molar-refractivity contribution < 1.29 is 22.7 Å². The lowest BCUT2D eigenvalue weighted by atomic mass is 10.3. The van der Waals surface area contributed by atoms with E-state index in [4.69, 9.17) is 9.47 Å². The maximum Gasteiger partial charge on any atom is 0.341 e. The van der Waals surface area contributed by atoms with Crippen LogP contribution in [0.1, 0.15) is 22.2 Å². The molecule has 0 amide bonds. The van der Waals surface area contributed by atoms with E-state index in [1.807, 2.05) is 0 Å². The number of hydrogen-bond donors (Lipinski definition) is 1. The minimum Gasteiger partial charge on any atom is -0.462 e. The summed E-state index contributed by atoms with van der Waals surface area (Å²) < 4.78 is 35.5. The largest absolute Gasteiger partial charge is 0.462 e. The van der Waals surface area contributed by atoms with Gasteiger partial charge in [0.1, 0.15) is 5.00 Å². The molecule has 6 nitrogen and oxygen atoms in total. The maximum atomic E-state index is 11.8. The smallest absolute Gasteiger partial charge is 0.341 e. The minimum atomic E-state index is -3.53. The quantitative estimate of drug-likeness (QED) is 0.774. The molecule has 19 heavy (non-hydrogen) atoms. The summed E-state index contributed by atoms with van der Waals surface area (Å²) in [5.74, 6) is -0.695. The highest BCUT2D eigenvalue weighted by molar-refractivity contribution is 7.92. The SMILES string of the molecule is CCOC(=O)c1cc(C)sc1NS(=O)(=O)CCOC. The molecule has 0 unspecified atom stereocenters. The molecule has 1 aromatic heterocycles. The van der Waals surface area contributed by atoms with E-state index in [2.05, 4.69) is 4.72 Å². The second-order valence-corrected chi connectivity index (χ2v) is 6.83. The molecule has 0 aromatic carbocycles. The summed E-state index contributed by atoms with van der Waals surface area (Å²) in [5, 5.41) is 0.284. The van der Waals surface area contributed by atoms with Gasteiger partial charge in [0.25, 0.3) is 0 Å². The zero-order valence-electron chi connectivity index (χ0n) is 11.1. The van der Waals surface area contributed by atoms with Crippen LogP contribution in [0.25, 0.3) is 0 Å². The average molecular weight is 307 g/mol. The first-order valence-corrected chi connectivity index (χ1v) is 8.13. The van der Waals surface area contributed by atoms with Gasteiger partial charge in [-0.25, -0.2) is 13.2 Å². The molecule has 1 rings (SSSR count). The number of aryl methyl sites for hydroxylation is 1. The molecule has 108 valence electrons. The molecule has 8 heteroatoms. The van der Waals surface area contributed by atoms with Gasteiger partial charge in [-0.1, -0.05) is 0 Å². The van der Waals surface area contributed by atoms with E-state index in [0.29, 0.717) is 0 Å². The van der Waals surface area contributed by atoms with Crippen LogP contribution in [0.4, 0.5) is 5.00 Å².